The summed E-state index contributed by atoms with van der Waals surface area (Å²) < 4.78 is 0. The van der Waals surface area contributed by atoms with E-state index in [1.807, 2.05) is 6.07 Å². The van der Waals surface area contributed by atoms with E-state index >= 15 is 0 Å². The Morgan fingerprint density at radius 1 is 1.18 bits per heavy atom. The zero-order chi connectivity index (χ0) is 15.9. The van der Waals surface area contributed by atoms with Crippen molar-refractivity contribution < 1.29 is 4.79 Å². The van der Waals surface area contributed by atoms with Gasteiger partial charge in [0.15, 0.2) is 0 Å². The third kappa shape index (κ3) is 4.66. The van der Waals surface area contributed by atoms with Crippen LogP contribution in [0.3, 0.4) is 0 Å². The fraction of sp³-hybridized carbons (Fsp3) is 0.125. The number of hydrogen-bond acceptors (Lipinski definition) is 3. The number of hydrogen-bond donors (Lipinski definition) is 2. The molecule has 0 aromatic heterocycles. The highest BCUT2D eigenvalue weighted by molar-refractivity contribution is 6.35. The molecule has 0 saturated heterocycles. The lowest BCUT2D eigenvalue weighted by Gasteiger charge is -2.09. The fourth-order valence-corrected chi connectivity index (χ4v) is 2.16. The minimum Gasteiger partial charge on any atom is -0.384 e. The van der Waals surface area contributed by atoms with E-state index in [-0.39, 0.29) is 12.3 Å². The van der Waals surface area contributed by atoms with Crippen molar-refractivity contribution in [3.8, 4) is 6.07 Å². The molecule has 0 atom stereocenters. The summed E-state index contributed by atoms with van der Waals surface area (Å²) >= 11 is 11.8. The Morgan fingerprint density at radius 3 is 2.77 bits per heavy atom. The first kappa shape index (κ1) is 16.2. The number of nitrogens with zero attached hydrogens (tertiary/aromatic N) is 1. The molecule has 0 fully saturated rings. The van der Waals surface area contributed by atoms with Crippen LogP contribution >= 0.6 is 23.2 Å². The summed E-state index contributed by atoms with van der Waals surface area (Å²) in [6, 6.07) is 14.0. The molecule has 0 radical (unpaired) electrons. The molecule has 0 spiro atoms. The first-order valence-electron chi connectivity index (χ1n) is 6.57. The summed E-state index contributed by atoms with van der Waals surface area (Å²) in [5, 5.41) is 15.6. The van der Waals surface area contributed by atoms with Gasteiger partial charge in [0.2, 0.25) is 5.91 Å². The largest absolute Gasteiger partial charge is 0.384 e. The van der Waals surface area contributed by atoms with Crippen LogP contribution in [0.2, 0.25) is 10.0 Å². The second-order valence-electron chi connectivity index (χ2n) is 4.54. The highest BCUT2D eigenvalue weighted by atomic mass is 35.5. The summed E-state index contributed by atoms with van der Waals surface area (Å²) in [7, 11) is 0. The van der Waals surface area contributed by atoms with Crippen LogP contribution in [0.25, 0.3) is 0 Å². The molecule has 0 aliphatic heterocycles. The van der Waals surface area contributed by atoms with E-state index in [1.165, 1.54) is 0 Å². The van der Waals surface area contributed by atoms with Crippen molar-refractivity contribution in [1.82, 2.24) is 0 Å². The predicted molar refractivity (Wildman–Crippen MR) is 89.4 cm³/mol. The quantitative estimate of drug-likeness (QED) is 0.856. The zero-order valence-corrected chi connectivity index (χ0v) is 13.1. The molecular weight excluding hydrogens is 321 g/mol. The zero-order valence-electron chi connectivity index (χ0n) is 11.6. The fourth-order valence-electron chi connectivity index (χ4n) is 1.83. The summed E-state index contributed by atoms with van der Waals surface area (Å²) in [5.74, 6) is -0.173. The number of rotatable bonds is 5. The lowest BCUT2D eigenvalue weighted by atomic mass is 10.2. The van der Waals surface area contributed by atoms with Crippen molar-refractivity contribution in [3.63, 3.8) is 0 Å². The maximum Gasteiger partial charge on any atom is 0.226 e. The minimum absolute atomic E-state index is 0.173. The first-order chi connectivity index (χ1) is 10.6. The van der Waals surface area contributed by atoms with Gasteiger partial charge in [-0.25, -0.2) is 0 Å². The van der Waals surface area contributed by atoms with Crippen LogP contribution in [-0.2, 0) is 4.79 Å². The number of nitrogens with one attached hydrogen (secondary N) is 2. The molecule has 0 aliphatic carbocycles. The Bertz CT molecular complexity index is 726. The van der Waals surface area contributed by atoms with E-state index in [9.17, 15) is 4.79 Å². The van der Waals surface area contributed by atoms with Gasteiger partial charge in [-0.2, -0.15) is 5.26 Å². The number of anilines is 2. The van der Waals surface area contributed by atoms with Crippen molar-refractivity contribution in [2.24, 2.45) is 0 Å². The molecule has 0 heterocycles. The normalized spacial score (nSPS) is 9.86. The van der Waals surface area contributed by atoms with Gasteiger partial charge in [-0.05, 0) is 36.4 Å². The van der Waals surface area contributed by atoms with Gasteiger partial charge in [-0.1, -0.05) is 29.3 Å². The second-order valence-corrected chi connectivity index (χ2v) is 5.39. The topological polar surface area (TPSA) is 64.9 Å². The first-order valence-corrected chi connectivity index (χ1v) is 7.33. The number of carbonyl (C=O) groups excluding carboxylic acids is 1. The van der Waals surface area contributed by atoms with Crippen LogP contribution in [0.15, 0.2) is 42.5 Å². The average molecular weight is 334 g/mol. The van der Waals surface area contributed by atoms with E-state index in [2.05, 4.69) is 16.7 Å². The van der Waals surface area contributed by atoms with Crippen molar-refractivity contribution in [2.75, 3.05) is 17.2 Å². The van der Waals surface area contributed by atoms with Gasteiger partial charge in [0, 0.05) is 23.7 Å². The molecule has 112 valence electrons. The Hall–Kier alpha value is -2.22. The molecule has 0 unspecified atom stereocenters. The highest BCUT2D eigenvalue weighted by Crippen LogP contribution is 2.25. The second kappa shape index (κ2) is 7.69. The summed E-state index contributed by atoms with van der Waals surface area (Å²) in [4.78, 5) is 11.9. The molecule has 2 aromatic rings. The van der Waals surface area contributed by atoms with E-state index in [1.54, 1.807) is 36.4 Å². The van der Waals surface area contributed by atoms with Crippen molar-refractivity contribution in [3.05, 3.63) is 58.1 Å². The third-order valence-electron chi connectivity index (χ3n) is 2.88. The summed E-state index contributed by atoms with van der Waals surface area (Å²) in [6.45, 7) is 0.443. The Labute approximate surface area is 138 Å². The molecule has 22 heavy (non-hydrogen) atoms. The van der Waals surface area contributed by atoms with Crippen LogP contribution in [0.4, 0.5) is 11.4 Å². The molecule has 4 nitrogen and oxygen atoms in total. The summed E-state index contributed by atoms with van der Waals surface area (Å²) in [5.41, 5.74) is 1.86. The molecule has 0 saturated carbocycles. The van der Waals surface area contributed by atoms with Crippen LogP contribution in [0.5, 0.6) is 0 Å². The predicted octanol–water partition coefficient (Wildman–Crippen LogP) is 4.31. The number of nitriles is 1. The molecule has 2 N–H and O–H groups in total. The minimum atomic E-state index is -0.173. The number of carbonyl (C=O) groups is 1. The van der Waals surface area contributed by atoms with Crippen molar-refractivity contribution in [1.29, 1.82) is 5.26 Å². The van der Waals surface area contributed by atoms with Gasteiger partial charge < -0.3 is 10.6 Å². The molecule has 6 heteroatoms. The molecular formula is C16H13Cl2N3O. The van der Waals surface area contributed by atoms with Gasteiger partial charge in [-0.3, -0.25) is 4.79 Å². The molecule has 2 rings (SSSR count). The van der Waals surface area contributed by atoms with Gasteiger partial charge in [0.25, 0.3) is 0 Å². The van der Waals surface area contributed by atoms with Crippen molar-refractivity contribution in [2.45, 2.75) is 6.42 Å². The van der Waals surface area contributed by atoms with Crippen LogP contribution in [0, 0.1) is 11.3 Å². The number of halogens is 2. The Balaban J connectivity index is 1.85. The maximum absolute atomic E-state index is 11.9. The monoisotopic (exact) mass is 333 g/mol. The molecule has 2 aromatic carbocycles. The number of amides is 1. The van der Waals surface area contributed by atoms with Crippen molar-refractivity contribution >= 4 is 40.5 Å². The Morgan fingerprint density at radius 2 is 2.00 bits per heavy atom. The average Bonchev–Trinajstić information content (AvgIpc) is 2.51. The standard InChI is InChI=1S/C16H13Cl2N3O/c17-12-4-5-14(18)15(9-12)21-16(22)6-7-20-13-3-1-2-11(8-13)10-19/h1-5,8-9,20H,6-7H2,(H,21,22). The van der Waals surface area contributed by atoms with Gasteiger partial charge in [-0.15, -0.1) is 0 Å². The van der Waals surface area contributed by atoms with E-state index in [4.69, 9.17) is 28.5 Å². The van der Waals surface area contributed by atoms with Crippen LogP contribution < -0.4 is 10.6 Å². The lowest BCUT2D eigenvalue weighted by Crippen LogP contribution is -2.16. The molecule has 0 bridgehead atoms. The van der Waals surface area contributed by atoms with E-state index in [0.717, 1.165) is 5.69 Å². The van der Waals surface area contributed by atoms with Gasteiger partial charge in [0.1, 0.15) is 0 Å². The number of benzene rings is 2. The Kier molecular flexibility index (Phi) is 5.65. The van der Waals surface area contributed by atoms with Gasteiger partial charge >= 0.3 is 0 Å². The van der Waals surface area contributed by atoms with Crippen LogP contribution in [0.1, 0.15) is 12.0 Å². The van der Waals surface area contributed by atoms with Crippen LogP contribution in [-0.4, -0.2) is 12.5 Å². The SMILES string of the molecule is N#Cc1cccc(NCCC(=O)Nc2cc(Cl)ccc2Cl)c1. The third-order valence-corrected chi connectivity index (χ3v) is 3.44. The highest BCUT2D eigenvalue weighted by Gasteiger charge is 2.06. The summed E-state index contributed by atoms with van der Waals surface area (Å²) in [6.07, 6.45) is 0.264. The van der Waals surface area contributed by atoms with E-state index in [0.29, 0.717) is 27.8 Å². The smallest absolute Gasteiger partial charge is 0.226 e. The molecule has 1 amide bonds. The van der Waals surface area contributed by atoms with Gasteiger partial charge in [0.05, 0.1) is 22.3 Å². The molecule has 0 aliphatic rings. The van der Waals surface area contributed by atoms with E-state index < -0.39 is 0 Å². The lowest BCUT2D eigenvalue weighted by molar-refractivity contribution is -0.115. The maximum atomic E-state index is 11.9.